The lowest BCUT2D eigenvalue weighted by Gasteiger charge is -2.16. The van der Waals surface area contributed by atoms with Crippen LogP contribution in [0.4, 0.5) is 13.2 Å². The number of hydrogen-bond acceptors (Lipinski definition) is 6. The molecule has 0 aliphatic heterocycles. The number of benzene rings is 1. The SMILES string of the molecule is COc1cc2c(cc1-c1c(C)noc1C)cc(C(=O)NCC(F)(F)F)c(=O)n2Cc1ccccn1. The number of hydrogen-bond donors (Lipinski definition) is 1. The average molecular weight is 486 g/mol. The lowest BCUT2D eigenvalue weighted by atomic mass is 9.99. The Morgan fingerprint density at radius 3 is 2.57 bits per heavy atom. The van der Waals surface area contributed by atoms with Crippen molar-refractivity contribution in [3.8, 4) is 16.9 Å². The maximum Gasteiger partial charge on any atom is 0.405 e. The Kier molecular flexibility index (Phi) is 6.33. The highest BCUT2D eigenvalue weighted by atomic mass is 19.4. The molecule has 182 valence electrons. The molecule has 0 unspecified atom stereocenters. The third-order valence-corrected chi connectivity index (χ3v) is 5.46. The van der Waals surface area contributed by atoms with Crippen LogP contribution in [-0.2, 0) is 6.54 Å². The number of ether oxygens (including phenoxy) is 1. The number of alkyl halides is 3. The van der Waals surface area contributed by atoms with Crippen molar-refractivity contribution in [2.24, 2.45) is 0 Å². The maximum absolute atomic E-state index is 13.3. The summed E-state index contributed by atoms with van der Waals surface area (Å²) >= 11 is 0. The van der Waals surface area contributed by atoms with E-state index in [-0.39, 0.29) is 6.54 Å². The molecule has 3 heterocycles. The Balaban J connectivity index is 1.96. The number of rotatable bonds is 6. The molecule has 8 nitrogen and oxygen atoms in total. The zero-order chi connectivity index (χ0) is 25.3. The second kappa shape index (κ2) is 9.24. The fraction of sp³-hybridized carbons (Fsp3) is 0.250. The second-order valence-electron chi connectivity index (χ2n) is 7.88. The van der Waals surface area contributed by atoms with E-state index >= 15 is 0 Å². The summed E-state index contributed by atoms with van der Waals surface area (Å²) in [6.07, 6.45) is -3.07. The lowest BCUT2D eigenvalue weighted by molar-refractivity contribution is -0.123. The topological polar surface area (TPSA) is 99.3 Å². The highest BCUT2D eigenvalue weighted by Crippen LogP contribution is 2.37. The molecule has 1 N–H and O–H groups in total. The molecule has 0 spiro atoms. The molecule has 1 amide bonds. The van der Waals surface area contributed by atoms with Crippen LogP contribution in [0.25, 0.3) is 22.0 Å². The largest absolute Gasteiger partial charge is 0.496 e. The average Bonchev–Trinajstić information content (AvgIpc) is 3.16. The normalized spacial score (nSPS) is 11.6. The van der Waals surface area contributed by atoms with Gasteiger partial charge >= 0.3 is 6.18 Å². The highest BCUT2D eigenvalue weighted by molar-refractivity contribution is 5.99. The van der Waals surface area contributed by atoms with Crippen LogP contribution in [0, 0.1) is 13.8 Å². The summed E-state index contributed by atoms with van der Waals surface area (Å²) in [4.78, 5) is 30.1. The molecule has 0 radical (unpaired) electrons. The molecule has 0 saturated carbocycles. The number of amides is 1. The fourth-order valence-corrected chi connectivity index (χ4v) is 3.89. The number of aromatic nitrogens is 3. The third kappa shape index (κ3) is 4.88. The third-order valence-electron chi connectivity index (χ3n) is 5.46. The molecular formula is C24H21F3N4O4. The lowest BCUT2D eigenvalue weighted by Crippen LogP contribution is -2.38. The Morgan fingerprint density at radius 1 is 1.20 bits per heavy atom. The highest BCUT2D eigenvalue weighted by Gasteiger charge is 2.29. The van der Waals surface area contributed by atoms with E-state index in [1.165, 1.54) is 17.7 Å². The van der Waals surface area contributed by atoms with Crippen LogP contribution in [0.2, 0.25) is 0 Å². The molecule has 4 rings (SSSR count). The number of carbonyl (C=O) groups is 1. The second-order valence-corrected chi connectivity index (χ2v) is 7.88. The van der Waals surface area contributed by atoms with Gasteiger partial charge in [-0.3, -0.25) is 14.6 Å². The van der Waals surface area contributed by atoms with Gasteiger partial charge in [0.1, 0.15) is 23.6 Å². The summed E-state index contributed by atoms with van der Waals surface area (Å²) in [6.45, 7) is 1.92. The number of fused-ring (bicyclic) bond motifs is 1. The minimum atomic E-state index is -4.62. The summed E-state index contributed by atoms with van der Waals surface area (Å²) in [7, 11) is 1.48. The van der Waals surface area contributed by atoms with E-state index in [0.717, 1.165) is 0 Å². The smallest absolute Gasteiger partial charge is 0.405 e. The number of halogens is 3. The van der Waals surface area contributed by atoms with Crippen LogP contribution < -0.4 is 15.6 Å². The van der Waals surface area contributed by atoms with Crippen molar-refractivity contribution in [2.45, 2.75) is 26.6 Å². The van der Waals surface area contributed by atoms with Gasteiger partial charge in [0.2, 0.25) is 0 Å². The Hall–Kier alpha value is -4.15. The van der Waals surface area contributed by atoms with Crippen molar-refractivity contribution in [1.29, 1.82) is 0 Å². The monoisotopic (exact) mass is 486 g/mol. The minimum absolute atomic E-state index is 0.00954. The number of pyridine rings is 2. The van der Waals surface area contributed by atoms with E-state index in [0.29, 0.717) is 44.9 Å². The Labute approximate surface area is 197 Å². The van der Waals surface area contributed by atoms with E-state index in [9.17, 15) is 22.8 Å². The summed E-state index contributed by atoms with van der Waals surface area (Å²) in [6, 6.07) is 9.76. The summed E-state index contributed by atoms with van der Waals surface area (Å²) in [5, 5.41) is 6.18. The van der Waals surface area contributed by atoms with Crippen molar-refractivity contribution >= 4 is 16.8 Å². The van der Waals surface area contributed by atoms with Crippen molar-refractivity contribution in [2.75, 3.05) is 13.7 Å². The maximum atomic E-state index is 13.3. The first-order chi connectivity index (χ1) is 16.6. The van der Waals surface area contributed by atoms with E-state index in [1.807, 2.05) is 0 Å². The fourth-order valence-electron chi connectivity index (χ4n) is 3.89. The van der Waals surface area contributed by atoms with Gasteiger partial charge in [-0.2, -0.15) is 13.2 Å². The minimum Gasteiger partial charge on any atom is -0.496 e. The van der Waals surface area contributed by atoms with Crippen LogP contribution in [-0.4, -0.2) is 40.4 Å². The van der Waals surface area contributed by atoms with Gasteiger partial charge in [-0.05, 0) is 38.1 Å². The molecule has 0 bridgehead atoms. The molecular weight excluding hydrogens is 465 g/mol. The zero-order valence-corrected chi connectivity index (χ0v) is 19.1. The van der Waals surface area contributed by atoms with Gasteiger partial charge in [-0.15, -0.1) is 0 Å². The first kappa shape index (κ1) is 24.0. The van der Waals surface area contributed by atoms with Gasteiger partial charge < -0.3 is 19.1 Å². The number of carbonyl (C=O) groups excluding carboxylic acids is 1. The Bertz CT molecular complexity index is 1440. The molecule has 35 heavy (non-hydrogen) atoms. The van der Waals surface area contributed by atoms with E-state index in [1.54, 1.807) is 55.7 Å². The molecule has 1 aromatic carbocycles. The van der Waals surface area contributed by atoms with Crippen molar-refractivity contribution in [3.63, 3.8) is 0 Å². The predicted octanol–water partition coefficient (Wildman–Crippen LogP) is 4.02. The molecule has 11 heteroatoms. The number of aryl methyl sites for hydroxylation is 2. The van der Waals surface area contributed by atoms with Crippen LogP contribution >= 0.6 is 0 Å². The first-order valence-electron chi connectivity index (χ1n) is 10.5. The van der Waals surface area contributed by atoms with E-state index in [4.69, 9.17) is 9.26 Å². The van der Waals surface area contributed by atoms with Gasteiger partial charge in [0.15, 0.2) is 0 Å². The van der Waals surface area contributed by atoms with Gasteiger partial charge in [-0.1, -0.05) is 11.2 Å². The standard InChI is InChI=1S/C24H21F3N4O4/c1-13-21(14(2)35-30-13)17-8-15-9-18(22(32)29-12-24(25,26)27)23(33)31(19(15)10-20(17)34-3)11-16-6-4-5-7-28-16/h4-10H,11-12H2,1-3H3,(H,29,32). The molecule has 4 aromatic rings. The molecule has 0 saturated heterocycles. The first-order valence-corrected chi connectivity index (χ1v) is 10.5. The van der Waals surface area contributed by atoms with E-state index < -0.39 is 29.8 Å². The van der Waals surface area contributed by atoms with Gasteiger partial charge in [0, 0.05) is 23.2 Å². The van der Waals surface area contributed by atoms with Crippen molar-refractivity contribution < 1.29 is 27.2 Å². The van der Waals surface area contributed by atoms with E-state index in [2.05, 4.69) is 10.1 Å². The molecule has 3 aromatic heterocycles. The van der Waals surface area contributed by atoms with Gasteiger partial charge in [0.25, 0.3) is 11.5 Å². The van der Waals surface area contributed by atoms with Crippen LogP contribution in [0.3, 0.4) is 0 Å². The van der Waals surface area contributed by atoms with Crippen LogP contribution in [0.5, 0.6) is 5.75 Å². The predicted molar refractivity (Wildman–Crippen MR) is 121 cm³/mol. The number of methoxy groups -OCH3 is 1. The number of nitrogens with zero attached hydrogens (tertiary/aromatic N) is 3. The van der Waals surface area contributed by atoms with Crippen LogP contribution in [0.1, 0.15) is 27.5 Å². The van der Waals surface area contributed by atoms with Gasteiger partial charge in [0.05, 0.1) is 36.1 Å². The molecule has 0 aliphatic rings. The Morgan fingerprint density at radius 2 is 1.97 bits per heavy atom. The summed E-state index contributed by atoms with van der Waals surface area (Å²) in [5.74, 6) is -0.167. The van der Waals surface area contributed by atoms with Crippen molar-refractivity contribution in [3.05, 3.63) is 75.7 Å². The quantitative estimate of drug-likeness (QED) is 0.442. The van der Waals surface area contributed by atoms with Crippen LogP contribution in [0.15, 0.2) is 51.9 Å². The van der Waals surface area contributed by atoms with Gasteiger partial charge in [-0.25, -0.2) is 0 Å². The summed E-state index contributed by atoms with van der Waals surface area (Å²) in [5.41, 5.74) is 1.64. The molecule has 0 fully saturated rings. The summed E-state index contributed by atoms with van der Waals surface area (Å²) < 4.78 is 50.2. The molecule has 0 atom stereocenters. The molecule has 0 aliphatic carbocycles. The number of nitrogens with one attached hydrogen (secondary N) is 1. The van der Waals surface area contributed by atoms with Crippen molar-refractivity contribution in [1.82, 2.24) is 20.0 Å². The zero-order valence-electron chi connectivity index (χ0n) is 19.1.